The summed E-state index contributed by atoms with van der Waals surface area (Å²) >= 11 is 0. The largest absolute Gasteiger partial charge is 0.466 e. The Kier molecular flexibility index (Phi) is 6.18. The van der Waals surface area contributed by atoms with Crippen molar-refractivity contribution in [2.45, 2.75) is 32.2 Å². The predicted octanol–water partition coefficient (Wildman–Crippen LogP) is 0.384. The average Bonchev–Trinajstić information content (AvgIpc) is 3.05. The van der Waals surface area contributed by atoms with Crippen molar-refractivity contribution in [3.8, 4) is 0 Å². The van der Waals surface area contributed by atoms with Gasteiger partial charge in [-0.25, -0.2) is 0 Å². The van der Waals surface area contributed by atoms with E-state index in [1.165, 1.54) is 0 Å². The van der Waals surface area contributed by atoms with Crippen LogP contribution in [0.25, 0.3) is 0 Å². The van der Waals surface area contributed by atoms with Crippen LogP contribution in [0.3, 0.4) is 0 Å². The van der Waals surface area contributed by atoms with Crippen LogP contribution >= 0.6 is 0 Å². The molecule has 0 unspecified atom stereocenters. The van der Waals surface area contributed by atoms with Gasteiger partial charge in [0.25, 0.3) is 0 Å². The van der Waals surface area contributed by atoms with Gasteiger partial charge in [0, 0.05) is 19.7 Å². The van der Waals surface area contributed by atoms with Gasteiger partial charge in [0.1, 0.15) is 18.1 Å². The lowest BCUT2D eigenvalue weighted by atomic mass is 10.0. The molecule has 128 valence electrons. The molecule has 1 aromatic heterocycles. The Morgan fingerprint density at radius 3 is 2.83 bits per heavy atom. The molecule has 1 aliphatic rings. The molecule has 23 heavy (non-hydrogen) atoms. The number of rotatable bonds is 8. The molecule has 0 aliphatic carbocycles. The number of carbonyl (C=O) groups excluding carboxylic acids is 2. The fourth-order valence-electron chi connectivity index (χ4n) is 2.88. The van der Waals surface area contributed by atoms with Gasteiger partial charge in [-0.2, -0.15) is 0 Å². The number of hydrogen-bond acceptors (Lipinski definition) is 5. The van der Waals surface area contributed by atoms with Gasteiger partial charge in [-0.1, -0.05) is 6.92 Å². The van der Waals surface area contributed by atoms with Crippen LogP contribution in [-0.2, 0) is 14.3 Å². The molecule has 7 nitrogen and oxygen atoms in total. The topological polar surface area (TPSA) is 97.8 Å². The third-order valence-corrected chi connectivity index (χ3v) is 3.83. The smallest absolute Gasteiger partial charge is 0.246 e. The molecular formula is C16H25N3O4. The van der Waals surface area contributed by atoms with Crippen LogP contribution in [0.4, 0.5) is 0 Å². The highest BCUT2D eigenvalue weighted by Crippen LogP contribution is 2.29. The van der Waals surface area contributed by atoms with E-state index in [0.717, 1.165) is 17.9 Å². The van der Waals surface area contributed by atoms with Crippen molar-refractivity contribution < 1.29 is 18.7 Å². The highest BCUT2D eigenvalue weighted by molar-refractivity contribution is 5.78. The molecule has 0 radical (unpaired) electrons. The van der Waals surface area contributed by atoms with Crippen LogP contribution in [-0.4, -0.2) is 55.6 Å². The Labute approximate surface area is 136 Å². The van der Waals surface area contributed by atoms with Crippen molar-refractivity contribution >= 4 is 11.8 Å². The van der Waals surface area contributed by atoms with E-state index in [-0.39, 0.29) is 36.9 Å². The number of aryl methyl sites for hydroxylation is 1. The zero-order valence-electron chi connectivity index (χ0n) is 13.7. The number of nitrogens with zero attached hydrogens (tertiary/aromatic N) is 1. The maximum absolute atomic E-state index is 12.0. The van der Waals surface area contributed by atoms with Gasteiger partial charge in [-0.15, -0.1) is 0 Å². The van der Waals surface area contributed by atoms with Crippen molar-refractivity contribution in [2.24, 2.45) is 5.73 Å². The summed E-state index contributed by atoms with van der Waals surface area (Å²) in [5.41, 5.74) is 5.28. The maximum atomic E-state index is 12.0. The standard InChI is InChI=1S/C16H25N3O4/c1-3-6-22-10-16(21)18-13-8-19(9-15(17)20)7-12(13)14-5-4-11(2)23-14/h4-5,12-13H,3,6-10H2,1-2H3,(H2,17,20)(H,18,21)/t12-,13-/m0/s1. The monoisotopic (exact) mass is 323 g/mol. The minimum Gasteiger partial charge on any atom is -0.466 e. The van der Waals surface area contributed by atoms with Crippen molar-refractivity contribution in [1.29, 1.82) is 0 Å². The van der Waals surface area contributed by atoms with Gasteiger partial charge in [0.05, 0.1) is 18.5 Å². The molecule has 2 atom stereocenters. The summed E-state index contributed by atoms with van der Waals surface area (Å²) in [4.78, 5) is 25.1. The van der Waals surface area contributed by atoms with E-state index in [2.05, 4.69) is 5.32 Å². The van der Waals surface area contributed by atoms with Crippen LogP contribution in [0.2, 0.25) is 0 Å². The Balaban J connectivity index is 2.00. The predicted molar refractivity (Wildman–Crippen MR) is 84.9 cm³/mol. The number of ether oxygens (including phenoxy) is 1. The molecule has 1 aliphatic heterocycles. The lowest BCUT2D eigenvalue weighted by molar-refractivity contribution is -0.126. The molecular weight excluding hydrogens is 298 g/mol. The van der Waals surface area contributed by atoms with Crippen LogP contribution in [0.5, 0.6) is 0 Å². The summed E-state index contributed by atoms with van der Waals surface area (Å²) in [7, 11) is 0. The number of likely N-dealkylation sites (tertiary alicyclic amines) is 1. The number of primary amides is 1. The highest BCUT2D eigenvalue weighted by Gasteiger charge is 2.37. The molecule has 2 rings (SSSR count). The first-order chi connectivity index (χ1) is 11.0. The quantitative estimate of drug-likeness (QED) is 0.674. The Morgan fingerprint density at radius 1 is 1.43 bits per heavy atom. The van der Waals surface area contributed by atoms with E-state index in [1.807, 2.05) is 30.9 Å². The van der Waals surface area contributed by atoms with Crippen molar-refractivity contribution in [1.82, 2.24) is 10.2 Å². The van der Waals surface area contributed by atoms with Crippen LogP contribution in [0.1, 0.15) is 30.8 Å². The molecule has 2 amide bonds. The van der Waals surface area contributed by atoms with Gasteiger partial charge < -0.3 is 20.2 Å². The summed E-state index contributed by atoms with van der Waals surface area (Å²) < 4.78 is 11.0. The highest BCUT2D eigenvalue weighted by atomic mass is 16.5. The van der Waals surface area contributed by atoms with Gasteiger partial charge in [-0.05, 0) is 25.5 Å². The van der Waals surface area contributed by atoms with Crippen LogP contribution in [0, 0.1) is 6.92 Å². The SMILES string of the molecule is CCCOCC(=O)N[C@H]1CN(CC(N)=O)C[C@@H]1c1ccc(C)o1. The van der Waals surface area contributed by atoms with E-state index in [9.17, 15) is 9.59 Å². The van der Waals surface area contributed by atoms with E-state index in [4.69, 9.17) is 14.9 Å². The maximum Gasteiger partial charge on any atom is 0.246 e. The number of hydrogen-bond donors (Lipinski definition) is 2. The van der Waals surface area contributed by atoms with Crippen molar-refractivity contribution in [3.63, 3.8) is 0 Å². The van der Waals surface area contributed by atoms with Crippen molar-refractivity contribution in [2.75, 3.05) is 32.8 Å². The van der Waals surface area contributed by atoms with Gasteiger partial charge >= 0.3 is 0 Å². The molecule has 1 saturated heterocycles. The zero-order valence-corrected chi connectivity index (χ0v) is 13.7. The number of nitrogens with two attached hydrogens (primary N) is 1. The lowest BCUT2D eigenvalue weighted by Crippen LogP contribution is -2.42. The summed E-state index contributed by atoms with van der Waals surface area (Å²) in [6.45, 7) is 5.84. The Bertz CT molecular complexity index is 543. The third kappa shape index (κ3) is 5.07. The first-order valence-electron chi connectivity index (χ1n) is 7.93. The number of furan rings is 1. The molecule has 0 saturated carbocycles. The van der Waals surface area contributed by atoms with Gasteiger partial charge in [0.15, 0.2) is 0 Å². The van der Waals surface area contributed by atoms with Gasteiger partial charge in [0.2, 0.25) is 11.8 Å². The van der Waals surface area contributed by atoms with Gasteiger partial charge in [-0.3, -0.25) is 14.5 Å². The summed E-state index contributed by atoms with van der Waals surface area (Å²) in [6.07, 6.45) is 0.872. The Morgan fingerprint density at radius 2 is 2.22 bits per heavy atom. The van der Waals surface area contributed by atoms with E-state index in [0.29, 0.717) is 19.7 Å². The second-order valence-electron chi connectivity index (χ2n) is 5.94. The first kappa shape index (κ1) is 17.5. The lowest BCUT2D eigenvalue weighted by Gasteiger charge is -2.18. The minimum absolute atomic E-state index is 0.00169. The molecule has 0 spiro atoms. The normalized spacial score (nSPS) is 21.5. The molecule has 0 aromatic carbocycles. The molecule has 7 heteroatoms. The number of amides is 2. The molecule has 1 fully saturated rings. The van der Waals surface area contributed by atoms with Crippen molar-refractivity contribution in [3.05, 3.63) is 23.7 Å². The number of nitrogens with one attached hydrogen (secondary N) is 1. The third-order valence-electron chi connectivity index (χ3n) is 3.83. The van der Waals surface area contributed by atoms with E-state index < -0.39 is 0 Å². The van der Waals surface area contributed by atoms with Crippen LogP contribution in [0.15, 0.2) is 16.5 Å². The first-order valence-corrected chi connectivity index (χ1v) is 7.93. The second kappa shape index (κ2) is 8.12. The second-order valence-corrected chi connectivity index (χ2v) is 5.94. The minimum atomic E-state index is -0.377. The zero-order chi connectivity index (χ0) is 16.8. The van der Waals surface area contributed by atoms with E-state index >= 15 is 0 Å². The van der Waals surface area contributed by atoms with E-state index in [1.54, 1.807) is 0 Å². The molecule has 3 N–H and O–H groups in total. The molecule has 0 bridgehead atoms. The van der Waals surface area contributed by atoms with Crippen LogP contribution < -0.4 is 11.1 Å². The average molecular weight is 323 g/mol. The summed E-state index contributed by atoms with van der Waals surface area (Å²) in [5.74, 6) is 1.10. The summed E-state index contributed by atoms with van der Waals surface area (Å²) in [5, 5.41) is 2.98. The Hall–Kier alpha value is -1.86. The summed E-state index contributed by atoms with van der Waals surface area (Å²) in [6, 6.07) is 3.69. The fourth-order valence-corrected chi connectivity index (χ4v) is 2.88. The molecule has 1 aromatic rings. The number of carbonyl (C=O) groups is 2. The molecule has 2 heterocycles. The fraction of sp³-hybridized carbons (Fsp3) is 0.625.